The number of nitrogens with zero attached hydrogens (tertiary/aromatic N) is 2. The van der Waals surface area contributed by atoms with Crippen molar-refractivity contribution in [3.8, 4) is 5.75 Å². The zero-order valence-corrected chi connectivity index (χ0v) is 15.8. The van der Waals surface area contributed by atoms with Gasteiger partial charge in [-0.15, -0.1) is 0 Å². The van der Waals surface area contributed by atoms with Crippen LogP contribution in [0.2, 0.25) is 0 Å². The first kappa shape index (κ1) is 18.7. The van der Waals surface area contributed by atoms with Crippen molar-refractivity contribution in [2.45, 2.75) is 19.4 Å². The zero-order valence-electron chi connectivity index (χ0n) is 15.8. The molecule has 0 spiro atoms. The van der Waals surface area contributed by atoms with E-state index in [0.717, 1.165) is 55.7 Å². The number of hydrogen-bond donors (Lipinski definition) is 1. The highest BCUT2D eigenvalue weighted by molar-refractivity contribution is 5.89. The van der Waals surface area contributed by atoms with Crippen LogP contribution in [0.3, 0.4) is 0 Å². The number of likely N-dealkylation sites (N-methyl/N-ethyl adjacent to an activating group) is 1. The van der Waals surface area contributed by atoms with E-state index in [1.807, 2.05) is 42.5 Å². The Hall–Kier alpha value is -2.11. The molecule has 2 aromatic carbocycles. The van der Waals surface area contributed by atoms with Gasteiger partial charge in [0, 0.05) is 38.1 Å². The molecule has 1 atom stereocenters. The molecule has 1 heterocycles. The van der Waals surface area contributed by atoms with Gasteiger partial charge in [-0.25, -0.2) is 0 Å². The van der Waals surface area contributed by atoms with E-state index < -0.39 is 6.10 Å². The molecule has 1 aliphatic rings. The first-order valence-electron chi connectivity index (χ1n) is 9.46. The van der Waals surface area contributed by atoms with Crippen LogP contribution in [0, 0.1) is 0 Å². The Morgan fingerprint density at radius 2 is 1.85 bits per heavy atom. The summed E-state index contributed by atoms with van der Waals surface area (Å²) in [7, 11) is 2.16. The van der Waals surface area contributed by atoms with Crippen molar-refractivity contribution in [3.63, 3.8) is 0 Å². The molecule has 140 valence electrons. The number of nitrogens with one attached hydrogen (secondary N) is 1. The molecule has 0 aliphatic carbocycles. The summed E-state index contributed by atoms with van der Waals surface area (Å²) < 4.78 is 5.92. The Kier molecular flexibility index (Phi) is 6.47. The molecule has 0 bridgehead atoms. The average Bonchev–Trinajstić information content (AvgIpc) is 2.66. The molecule has 1 N–H and O–H groups in total. The highest BCUT2D eigenvalue weighted by Gasteiger charge is 2.16. The van der Waals surface area contributed by atoms with E-state index in [1.54, 1.807) is 6.92 Å². The van der Waals surface area contributed by atoms with Crippen molar-refractivity contribution in [2.24, 2.45) is 0 Å². The third-order valence-electron chi connectivity index (χ3n) is 4.97. The minimum absolute atomic E-state index is 0.0590. The van der Waals surface area contributed by atoms with Crippen LogP contribution in [0.1, 0.15) is 13.3 Å². The number of carbonyl (C=O) groups excluding carboxylic acids is 1. The molecule has 5 nitrogen and oxygen atoms in total. The SMILES string of the molecule is C[C@H](Oc1cccc2ccccc12)C(=O)NCCCN1CCN(C)CC1. The maximum absolute atomic E-state index is 12.3. The lowest BCUT2D eigenvalue weighted by molar-refractivity contribution is -0.127. The van der Waals surface area contributed by atoms with Crippen molar-refractivity contribution in [1.82, 2.24) is 15.1 Å². The van der Waals surface area contributed by atoms with Crippen LogP contribution in [0.5, 0.6) is 5.75 Å². The number of carbonyl (C=O) groups is 1. The highest BCUT2D eigenvalue weighted by atomic mass is 16.5. The number of piperazine rings is 1. The summed E-state index contributed by atoms with van der Waals surface area (Å²) in [5, 5.41) is 5.15. The molecule has 0 aromatic heterocycles. The summed E-state index contributed by atoms with van der Waals surface area (Å²) in [6.45, 7) is 8.01. The third-order valence-corrected chi connectivity index (χ3v) is 4.97. The summed E-state index contributed by atoms with van der Waals surface area (Å²) >= 11 is 0. The Bertz CT molecular complexity index is 721. The van der Waals surface area contributed by atoms with E-state index in [0.29, 0.717) is 6.54 Å². The molecule has 26 heavy (non-hydrogen) atoms. The lowest BCUT2D eigenvalue weighted by atomic mass is 10.1. The molecule has 1 aliphatic heterocycles. The molecule has 1 amide bonds. The van der Waals surface area contributed by atoms with Crippen LogP contribution in [0.4, 0.5) is 0 Å². The van der Waals surface area contributed by atoms with Crippen LogP contribution in [0.15, 0.2) is 42.5 Å². The van der Waals surface area contributed by atoms with Gasteiger partial charge in [0.1, 0.15) is 5.75 Å². The van der Waals surface area contributed by atoms with Gasteiger partial charge in [-0.1, -0.05) is 36.4 Å². The van der Waals surface area contributed by atoms with Crippen LogP contribution < -0.4 is 10.1 Å². The van der Waals surface area contributed by atoms with Crippen molar-refractivity contribution < 1.29 is 9.53 Å². The molecule has 3 rings (SSSR count). The van der Waals surface area contributed by atoms with E-state index in [2.05, 4.69) is 22.2 Å². The predicted octanol–water partition coefficient (Wildman–Crippen LogP) is 2.36. The summed E-state index contributed by atoms with van der Waals surface area (Å²) in [6.07, 6.45) is 0.459. The van der Waals surface area contributed by atoms with Crippen LogP contribution in [0.25, 0.3) is 10.8 Å². The maximum atomic E-state index is 12.3. The predicted molar refractivity (Wildman–Crippen MR) is 106 cm³/mol. The van der Waals surface area contributed by atoms with Crippen LogP contribution in [-0.2, 0) is 4.79 Å². The second-order valence-corrected chi connectivity index (χ2v) is 7.03. The molecular weight excluding hydrogens is 326 g/mol. The quantitative estimate of drug-likeness (QED) is 0.775. The fourth-order valence-electron chi connectivity index (χ4n) is 3.27. The lowest BCUT2D eigenvalue weighted by Gasteiger charge is -2.32. The fourth-order valence-corrected chi connectivity index (χ4v) is 3.27. The molecule has 0 radical (unpaired) electrons. The van der Waals surface area contributed by atoms with E-state index in [-0.39, 0.29) is 5.91 Å². The van der Waals surface area contributed by atoms with Crippen molar-refractivity contribution in [1.29, 1.82) is 0 Å². The van der Waals surface area contributed by atoms with Crippen LogP contribution in [-0.4, -0.2) is 68.1 Å². The van der Waals surface area contributed by atoms with Crippen LogP contribution >= 0.6 is 0 Å². The Morgan fingerprint density at radius 3 is 2.65 bits per heavy atom. The lowest BCUT2D eigenvalue weighted by Crippen LogP contribution is -2.45. The third kappa shape index (κ3) is 4.96. The van der Waals surface area contributed by atoms with E-state index in [9.17, 15) is 4.79 Å². The number of amides is 1. The summed E-state index contributed by atoms with van der Waals surface area (Å²) in [5.74, 6) is 0.694. The normalized spacial score (nSPS) is 17.2. The topological polar surface area (TPSA) is 44.8 Å². The van der Waals surface area contributed by atoms with Gasteiger partial charge in [-0.2, -0.15) is 0 Å². The average molecular weight is 355 g/mol. The minimum atomic E-state index is -0.510. The second kappa shape index (κ2) is 9.01. The van der Waals surface area contributed by atoms with E-state index in [4.69, 9.17) is 4.74 Å². The van der Waals surface area contributed by atoms with Crippen molar-refractivity contribution >= 4 is 16.7 Å². The smallest absolute Gasteiger partial charge is 0.260 e. The number of rotatable bonds is 7. The van der Waals surface area contributed by atoms with E-state index >= 15 is 0 Å². The monoisotopic (exact) mass is 355 g/mol. The van der Waals surface area contributed by atoms with Gasteiger partial charge in [-0.3, -0.25) is 4.79 Å². The largest absolute Gasteiger partial charge is 0.480 e. The Morgan fingerprint density at radius 1 is 1.12 bits per heavy atom. The van der Waals surface area contributed by atoms with Gasteiger partial charge >= 0.3 is 0 Å². The summed E-state index contributed by atoms with van der Waals surface area (Å²) in [4.78, 5) is 17.1. The Labute approximate surface area is 155 Å². The molecule has 2 aromatic rings. The first-order chi connectivity index (χ1) is 12.6. The maximum Gasteiger partial charge on any atom is 0.260 e. The highest BCUT2D eigenvalue weighted by Crippen LogP contribution is 2.25. The molecule has 1 saturated heterocycles. The molecule has 0 unspecified atom stereocenters. The molecule has 0 saturated carbocycles. The zero-order chi connectivity index (χ0) is 18.4. The number of ether oxygens (including phenoxy) is 1. The Balaban J connectivity index is 1.43. The van der Waals surface area contributed by atoms with Gasteiger partial charge in [0.2, 0.25) is 0 Å². The van der Waals surface area contributed by atoms with Crippen molar-refractivity contribution in [3.05, 3.63) is 42.5 Å². The summed E-state index contributed by atoms with van der Waals surface area (Å²) in [6, 6.07) is 14.0. The second-order valence-electron chi connectivity index (χ2n) is 7.03. The minimum Gasteiger partial charge on any atom is -0.480 e. The number of benzene rings is 2. The number of hydrogen-bond acceptors (Lipinski definition) is 4. The number of fused-ring (bicyclic) bond motifs is 1. The fraction of sp³-hybridized carbons (Fsp3) is 0.476. The van der Waals surface area contributed by atoms with Gasteiger partial charge in [-0.05, 0) is 38.4 Å². The van der Waals surface area contributed by atoms with Gasteiger partial charge < -0.3 is 19.9 Å². The standard InChI is InChI=1S/C21H29N3O2/c1-17(26-20-10-5-8-18-7-3-4-9-19(18)20)21(25)22-11-6-12-24-15-13-23(2)14-16-24/h3-5,7-10,17H,6,11-16H2,1-2H3,(H,22,25)/t17-/m0/s1. The first-order valence-corrected chi connectivity index (χ1v) is 9.46. The summed E-state index contributed by atoms with van der Waals surface area (Å²) in [5.41, 5.74) is 0. The molecule has 5 heteroatoms. The van der Waals surface area contributed by atoms with Crippen molar-refractivity contribution in [2.75, 3.05) is 46.3 Å². The van der Waals surface area contributed by atoms with Gasteiger partial charge in [0.15, 0.2) is 6.10 Å². The van der Waals surface area contributed by atoms with Gasteiger partial charge in [0.05, 0.1) is 0 Å². The molecule has 1 fully saturated rings. The van der Waals surface area contributed by atoms with E-state index in [1.165, 1.54) is 0 Å². The van der Waals surface area contributed by atoms with Gasteiger partial charge in [0.25, 0.3) is 5.91 Å². The molecular formula is C21H29N3O2.